The van der Waals surface area contributed by atoms with E-state index < -0.39 is 134 Å². The molecule has 0 unspecified atom stereocenters. The fourth-order valence-corrected chi connectivity index (χ4v) is 12.9. The lowest BCUT2D eigenvalue weighted by Gasteiger charge is -2.38. The lowest BCUT2D eigenvalue weighted by atomic mass is 9.99. The van der Waals surface area contributed by atoms with E-state index >= 15 is 0 Å². The van der Waals surface area contributed by atoms with E-state index in [0.717, 1.165) is 9.80 Å². The highest BCUT2D eigenvalue weighted by Gasteiger charge is 2.52. The predicted molar refractivity (Wildman–Crippen MR) is 374 cm³/mol. The number of carboxylic acids is 2. The molecular formula is C72H90N6O31. The number of amides is 5. The third kappa shape index (κ3) is 19.5. The highest BCUT2D eigenvalue weighted by Crippen LogP contribution is 2.45. The molecule has 37 heteroatoms. The first-order valence-electron chi connectivity index (χ1n) is 35.0. The van der Waals surface area contributed by atoms with Gasteiger partial charge in [-0.05, 0) is 79.6 Å². The number of aliphatic carboxylic acids is 2. The molecule has 0 bridgehead atoms. The Morgan fingerprint density at radius 2 is 0.954 bits per heavy atom. The standard InChI is InChI=1S/C72H90N6O31/c1-37-26-47-65(88)77(71(94)104-35-39-8-11-41(12-9-39)106-69-59(84)55(80)57(82)61(108-69)67(90)91)45-31-52(50(96-3)29-42(45)63(86)75(47)33-37)102-16-6-5-7-17-103-53-32-46-43(30-51(53)97-4)64(87)76-34-38(2)27-48(76)66(89)78(46)72(95)105-36-40-10-13-49(107-70-60(85)56(81)58(83)62(109-70)68(92)93)44(28-40)74-54(79)14-18-98-20-22-100-24-25-101-23-21-99-19-15-73/h8-13,28-32,47-48,55-62,65-66,69-70,80-85,88-89H,1-2,5-7,14-27,33-36,73H2,3-4H3,(H,74,79)(H,90,91)(H,92,93)/t47-,48-,55-,56-,57-,58-,59+,60+,61-,62-,65-,66-,69+,70+/m0/s1. The van der Waals surface area contributed by atoms with Crippen molar-refractivity contribution in [2.24, 2.45) is 5.73 Å². The number of rotatable bonds is 35. The van der Waals surface area contributed by atoms with Gasteiger partial charge in [-0.25, -0.2) is 29.0 Å². The number of unbranched alkanes of at least 4 members (excludes halogenated alkanes) is 2. The monoisotopic (exact) mass is 1530 g/mol. The summed E-state index contributed by atoms with van der Waals surface area (Å²) in [5.41, 5.74) is 6.87. The van der Waals surface area contributed by atoms with Gasteiger partial charge >= 0.3 is 24.1 Å². The molecule has 6 aliphatic heterocycles. The van der Waals surface area contributed by atoms with E-state index in [1.807, 2.05) is 0 Å². The Morgan fingerprint density at radius 1 is 0.514 bits per heavy atom. The average Bonchev–Trinajstić information content (AvgIpc) is 1.61. The van der Waals surface area contributed by atoms with E-state index in [1.54, 1.807) is 0 Å². The molecule has 594 valence electrons. The second-order valence-corrected chi connectivity index (χ2v) is 26.1. The molecule has 6 aliphatic rings. The van der Waals surface area contributed by atoms with Crippen molar-refractivity contribution < 1.29 is 151 Å². The van der Waals surface area contributed by atoms with Crippen molar-refractivity contribution in [3.63, 3.8) is 0 Å². The molecule has 4 aromatic rings. The number of benzene rings is 4. The lowest BCUT2D eigenvalue weighted by molar-refractivity contribution is -0.271. The van der Waals surface area contributed by atoms with Crippen molar-refractivity contribution in [1.29, 1.82) is 0 Å². The van der Waals surface area contributed by atoms with Gasteiger partial charge in [-0.1, -0.05) is 42.5 Å². The second-order valence-electron chi connectivity index (χ2n) is 26.1. The van der Waals surface area contributed by atoms with E-state index in [2.05, 4.69) is 18.5 Å². The topological polar surface area (TPSA) is 502 Å². The number of nitrogens with two attached hydrogens (primary N) is 1. The fourth-order valence-electron chi connectivity index (χ4n) is 12.9. The molecule has 6 heterocycles. The van der Waals surface area contributed by atoms with Crippen LogP contribution < -0.4 is 49.3 Å². The number of hydrogen-bond donors (Lipinski definition) is 12. The van der Waals surface area contributed by atoms with Crippen molar-refractivity contribution in [3.8, 4) is 34.5 Å². The summed E-state index contributed by atoms with van der Waals surface area (Å²) >= 11 is 0. The predicted octanol–water partition coefficient (Wildman–Crippen LogP) is 0.719. The number of hydrogen-bond acceptors (Lipinski definition) is 30. The van der Waals surface area contributed by atoms with Gasteiger partial charge in [0.25, 0.3) is 11.8 Å². The number of aliphatic hydroxyl groups is 8. The number of methoxy groups -OCH3 is 2. The minimum absolute atomic E-state index is 0.0177. The minimum atomic E-state index is -2.04. The summed E-state index contributed by atoms with van der Waals surface area (Å²) in [5, 5.41) is 108. The number of carbonyl (C=O) groups is 7. The van der Waals surface area contributed by atoms with E-state index in [4.69, 9.17) is 72.0 Å². The van der Waals surface area contributed by atoms with Gasteiger partial charge in [0.05, 0.1) is 127 Å². The van der Waals surface area contributed by atoms with Crippen molar-refractivity contribution in [2.75, 3.05) is 115 Å². The first-order chi connectivity index (χ1) is 52.3. The Balaban J connectivity index is 0.784. The summed E-state index contributed by atoms with van der Waals surface area (Å²) in [6.07, 6.45) is -23.4. The van der Waals surface area contributed by atoms with Crippen LogP contribution >= 0.6 is 0 Å². The van der Waals surface area contributed by atoms with Crippen molar-refractivity contribution in [2.45, 2.75) is 138 Å². The van der Waals surface area contributed by atoms with Gasteiger partial charge in [-0.3, -0.25) is 14.4 Å². The van der Waals surface area contributed by atoms with E-state index in [1.165, 1.54) is 90.7 Å². The summed E-state index contributed by atoms with van der Waals surface area (Å²) in [5.74, 6) is -4.77. The maximum Gasteiger partial charge on any atom is 0.416 e. The normalized spacial score (nSPS) is 25.1. The molecule has 4 aromatic carbocycles. The molecule has 14 atom stereocenters. The van der Waals surface area contributed by atoms with Crippen molar-refractivity contribution in [1.82, 2.24) is 9.80 Å². The quantitative estimate of drug-likeness (QED) is 0.0223. The molecule has 13 N–H and O–H groups in total. The van der Waals surface area contributed by atoms with Crippen LogP contribution in [0.3, 0.4) is 0 Å². The van der Waals surface area contributed by atoms with Crippen LogP contribution in [0.4, 0.5) is 26.7 Å². The minimum Gasteiger partial charge on any atom is -0.493 e. The number of ether oxygens (including phenoxy) is 14. The van der Waals surface area contributed by atoms with Gasteiger partial charge in [-0.2, -0.15) is 0 Å². The van der Waals surface area contributed by atoms with E-state index in [0.29, 0.717) is 68.9 Å². The van der Waals surface area contributed by atoms with Gasteiger partial charge in [0, 0.05) is 31.8 Å². The van der Waals surface area contributed by atoms with Crippen molar-refractivity contribution in [3.05, 3.63) is 113 Å². The van der Waals surface area contributed by atoms with Crippen molar-refractivity contribution >= 4 is 58.9 Å². The summed E-state index contributed by atoms with van der Waals surface area (Å²) < 4.78 is 79.2. The molecular weight excluding hydrogens is 1440 g/mol. The van der Waals surface area contributed by atoms with E-state index in [-0.39, 0.29) is 147 Å². The number of nitrogens with zero attached hydrogens (tertiary/aromatic N) is 4. The third-order valence-electron chi connectivity index (χ3n) is 18.5. The molecule has 4 fully saturated rings. The number of anilines is 3. The molecule has 0 aliphatic carbocycles. The Morgan fingerprint density at radius 3 is 1.41 bits per heavy atom. The fraction of sp³-hybridized carbons (Fsp3) is 0.514. The Kier molecular flexibility index (Phi) is 28.4. The molecule has 109 heavy (non-hydrogen) atoms. The van der Waals surface area contributed by atoms with Crippen LogP contribution in [0, 0.1) is 0 Å². The largest absolute Gasteiger partial charge is 0.493 e. The van der Waals surface area contributed by atoms with Crippen LogP contribution in [-0.2, 0) is 65.5 Å². The Hall–Kier alpha value is -9.55. The summed E-state index contributed by atoms with van der Waals surface area (Å²) in [4.78, 5) is 99.3. The molecule has 10 rings (SSSR count). The number of carbonyl (C=O) groups excluding carboxylic acids is 5. The second kappa shape index (κ2) is 37.7. The highest BCUT2D eigenvalue weighted by atomic mass is 16.7. The molecule has 0 saturated carbocycles. The molecule has 0 radical (unpaired) electrons. The summed E-state index contributed by atoms with van der Waals surface area (Å²) in [6, 6.07) is 13.3. The van der Waals surface area contributed by atoms with Gasteiger partial charge < -0.3 is 138 Å². The van der Waals surface area contributed by atoms with Gasteiger partial charge in [-0.15, -0.1) is 0 Å². The Bertz CT molecular complexity index is 3910. The number of fused-ring (bicyclic) bond motifs is 4. The average molecular weight is 1540 g/mol. The number of aliphatic hydroxyl groups excluding tert-OH is 8. The van der Waals surface area contributed by atoms with Gasteiger partial charge in [0.1, 0.15) is 61.3 Å². The van der Waals surface area contributed by atoms with Crippen LogP contribution in [0.2, 0.25) is 0 Å². The van der Waals surface area contributed by atoms with Crippen LogP contribution in [0.25, 0.3) is 0 Å². The maximum atomic E-state index is 14.6. The first kappa shape index (κ1) is 82.0. The smallest absolute Gasteiger partial charge is 0.416 e. The molecule has 0 spiro atoms. The van der Waals surface area contributed by atoms with Gasteiger partial charge in [0.15, 0.2) is 47.7 Å². The van der Waals surface area contributed by atoms with Crippen LogP contribution in [0.15, 0.2) is 91.0 Å². The lowest BCUT2D eigenvalue weighted by Crippen LogP contribution is -2.61. The molecule has 5 amide bonds. The molecule has 37 nitrogen and oxygen atoms in total. The van der Waals surface area contributed by atoms with Crippen LogP contribution in [0.5, 0.6) is 34.5 Å². The third-order valence-corrected chi connectivity index (χ3v) is 18.5. The van der Waals surface area contributed by atoms with Gasteiger partial charge in [0.2, 0.25) is 18.5 Å². The summed E-state index contributed by atoms with van der Waals surface area (Å²) in [6.45, 7) is 9.77. The summed E-state index contributed by atoms with van der Waals surface area (Å²) in [7, 11) is 2.71. The highest BCUT2D eigenvalue weighted by molar-refractivity contribution is 6.07. The maximum absolute atomic E-state index is 14.6. The zero-order valence-electron chi connectivity index (χ0n) is 59.6. The number of carboxylic acid groups (broad SMARTS) is 2. The molecule has 4 saturated heterocycles. The zero-order chi connectivity index (χ0) is 78.3. The number of nitrogens with one attached hydrogen (secondary N) is 1. The van der Waals surface area contributed by atoms with Crippen LogP contribution in [0.1, 0.15) is 70.4 Å². The van der Waals surface area contributed by atoms with Crippen LogP contribution in [-0.4, -0.2) is 289 Å². The SMILES string of the molecule is C=C1C[C@H]2[C@H](O)N(C(=O)OCc3ccc(O[C@@H]4O[C@H](C(=O)O)[C@@H](O)[C@H](O)[C@H]4O)cc3)c3cc(OCCCCCOc4cc5c(cc4OC)C(=O)N4CC(=C)C[C@H]4[C@H](O)N5C(=O)OCc4ccc(O[C@@H]5O[C@H](C(=O)O)[C@@H](O)[C@H](O)[C@H]5O)c(NC(=O)CCOCCOCCOCCOCCN)c4)c(OC)cc3C(=O)N2C1. The first-order valence-corrected chi connectivity index (χ1v) is 35.0. The van der Waals surface area contributed by atoms with E-state index in [9.17, 15) is 84.6 Å². The molecule has 0 aromatic heterocycles. The zero-order valence-corrected chi connectivity index (χ0v) is 59.6. The Labute approximate surface area is 623 Å².